The second-order valence-electron chi connectivity index (χ2n) is 6.22. The summed E-state index contributed by atoms with van der Waals surface area (Å²) in [6, 6.07) is 8.17. The zero-order valence-corrected chi connectivity index (χ0v) is 13.7. The Hall–Kier alpha value is -1.75. The Morgan fingerprint density at radius 1 is 1.09 bits per heavy atom. The van der Waals surface area contributed by atoms with E-state index in [9.17, 15) is 8.78 Å². The van der Waals surface area contributed by atoms with E-state index in [0.717, 1.165) is 42.7 Å². The molecule has 124 valence electrons. The van der Waals surface area contributed by atoms with Crippen LogP contribution in [-0.2, 0) is 0 Å². The highest BCUT2D eigenvalue weighted by Crippen LogP contribution is 2.31. The third-order valence-corrected chi connectivity index (χ3v) is 4.65. The molecule has 0 N–H and O–H groups in total. The van der Waals surface area contributed by atoms with Crippen LogP contribution in [0.25, 0.3) is 10.9 Å². The first kappa shape index (κ1) is 16.1. The van der Waals surface area contributed by atoms with E-state index in [1.807, 2.05) is 30.0 Å². The highest BCUT2D eigenvalue weighted by molar-refractivity contribution is 5.93. The molecular formula is C18H23F2N3. The molecule has 1 aliphatic rings. The average Bonchev–Trinajstić information content (AvgIpc) is 2.73. The van der Waals surface area contributed by atoms with E-state index < -0.39 is 6.43 Å². The van der Waals surface area contributed by atoms with Crippen LogP contribution in [0.15, 0.2) is 24.3 Å². The molecule has 2 heterocycles. The van der Waals surface area contributed by atoms with Crippen LogP contribution in [0.4, 0.5) is 14.5 Å². The van der Waals surface area contributed by atoms with Gasteiger partial charge in [0.05, 0.1) is 17.7 Å². The normalized spacial score (nSPS) is 17.0. The Labute approximate surface area is 135 Å². The van der Waals surface area contributed by atoms with Crippen molar-refractivity contribution >= 4 is 16.6 Å². The van der Waals surface area contributed by atoms with Crippen molar-refractivity contribution in [2.45, 2.75) is 26.7 Å². The molecule has 0 bridgehead atoms. The highest BCUT2D eigenvalue weighted by atomic mass is 19.3. The number of para-hydroxylation sites is 1. The number of anilines is 1. The predicted molar refractivity (Wildman–Crippen MR) is 90.5 cm³/mol. The fourth-order valence-corrected chi connectivity index (χ4v) is 3.39. The molecule has 0 unspecified atom stereocenters. The number of aryl methyl sites for hydroxylation is 1. The molecule has 0 atom stereocenters. The minimum atomic E-state index is -2.26. The monoisotopic (exact) mass is 319 g/mol. The van der Waals surface area contributed by atoms with Gasteiger partial charge in [-0.15, -0.1) is 0 Å². The third-order valence-electron chi connectivity index (χ3n) is 4.65. The van der Waals surface area contributed by atoms with Crippen LogP contribution in [0.2, 0.25) is 0 Å². The number of hydrogen-bond acceptors (Lipinski definition) is 3. The van der Waals surface area contributed by atoms with Crippen LogP contribution in [-0.4, -0.2) is 49.0 Å². The Morgan fingerprint density at radius 3 is 2.65 bits per heavy atom. The second kappa shape index (κ2) is 6.79. The minimum absolute atomic E-state index is 0.122. The van der Waals surface area contributed by atoms with Crippen LogP contribution in [0, 0.1) is 13.8 Å². The molecule has 3 rings (SSSR count). The molecule has 1 fully saturated rings. The fraction of sp³-hybridized carbons (Fsp3) is 0.500. The highest BCUT2D eigenvalue weighted by Gasteiger charge is 2.21. The molecular weight excluding hydrogens is 296 g/mol. The molecule has 0 saturated carbocycles. The standard InChI is InChI=1S/C18H23F2N3/c1-13-14(2)21-16-7-4-3-6-15(16)18(13)23-9-5-8-22(10-11-23)12-17(19)20/h3-4,6-7,17H,5,8-12H2,1-2H3. The van der Waals surface area contributed by atoms with E-state index in [4.69, 9.17) is 0 Å². The molecule has 1 aliphatic heterocycles. The summed E-state index contributed by atoms with van der Waals surface area (Å²) in [5.41, 5.74) is 4.43. The van der Waals surface area contributed by atoms with Crippen LogP contribution in [0.5, 0.6) is 0 Å². The van der Waals surface area contributed by atoms with Crippen molar-refractivity contribution in [1.29, 1.82) is 0 Å². The van der Waals surface area contributed by atoms with Gasteiger partial charge in [-0.05, 0) is 31.9 Å². The van der Waals surface area contributed by atoms with Crippen molar-refractivity contribution in [2.75, 3.05) is 37.6 Å². The Balaban J connectivity index is 1.92. The first-order valence-corrected chi connectivity index (χ1v) is 8.17. The van der Waals surface area contributed by atoms with Crippen molar-refractivity contribution in [2.24, 2.45) is 0 Å². The lowest BCUT2D eigenvalue weighted by molar-refractivity contribution is 0.0917. The zero-order chi connectivity index (χ0) is 16.4. The maximum atomic E-state index is 12.6. The Kier molecular flexibility index (Phi) is 4.76. The largest absolute Gasteiger partial charge is 0.369 e. The molecule has 1 aromatic carbocycles. The smallest absolute Gasteiger partial charge is 0.251 e. The van der Waals surface area contributed by atoms with E-state index in [1.54, 1.807) is 0 Å². The molecule has 1 saturated heterocycles. The molecule has 23 heavy (non-hydrogen) atoms. The Morgan fingerprint density at radius 2 is 1.87 bits per heavy atom. The molecule has 0 amide bonds. The summed E-state index contributed by atoms with van der Waals surface area (Å²) in [4.78, 5) is 8.89. The van der Waals surface area contributed by atoms with E-state index >= 15 is 0 Å². The summed E-state index contributed by atoms with van der Waals surface area (Å²) >= 11 is 0. The number of hydrogen-bond donors (Lipinski definition) is 0. The lowest BCUT2D eigenvalue weighted by Crippen LogP contribution is -2.34. The second-order valence-corrected chi connectivity index (χ2v) is 6.22. The van der Waals surface area contributed by atoms with Gasteiger partial charge in [-0.1, -0.05) is 18.2 Å². The van der Waals surface area contributed by atoms with Gasteiger partial charge in [0.25, 0.3) is 6.43 Å². The van der Waals surface area contributed by atoms with Crippen LogP contribution in [0.1, 0.15) is 17.7 Å². The predicted octanol–water partition coefficient (Wildman–Crippen LogP) is 3.63. The zero-order valence-electron chi connectivity index (χ0n) is 13.7. The van der Waals surface area contributed by atoms with Gasteiger partial charge in [-0.2, -0.15) is 0 Å². The molecule has 0 spiro atoms. The number of benzene rings is 1. The first-order valence-electron chi connectivity index (χ1n) is 8.17. The number of halogens is 2. The topological polar surface area (TPSA) is 19.4 Å². The number of rotatable bonds is 3. The first-order chi connectivity index (χ1) is 11.1. The van der Waals surface area contributed by atoms with Gasteiger partial charge in [0.2, 0.25) is 0 Å². The SMILES string of the molecule is Cc1nc2ccccc2c(N2CCCN(CC(F)F)CC2)c1C. The van der Waals surface area contributed by atoms with E-state index in [2.05, 4.69) is 22.9 Å². The Bertz CT molecular complexity index is 687. The lowest BCUT2D eigenvalue weighted by atomic mass is 10.1. The molecule has 0 aliphatic carbocycles. The number of aromatic nitrogens is 1. The van der Waals surface area contributed by atoms with Crippen molar-refractivity contribution < 1.29 is 8.78 Å². The van der Waals surface area contributed by atoms with Gasteiger partial charge in [0.1, 0.15) is 0 Å². The van der Waals surface area contributed by atoms with Gasteiger partial charge in [0, 0.05) is 37.3 Å². The van der Waals surface area contributed by atoms with E-state index in [1.165, 1.54) is 11.3 Å². The maximum Gasteiger partial charge on any atom is 0.251 e. The average molecular weight is 319 g/mol. The van der Waals surface area contributed by atoms with Crippen molar-refractivity contribution in [3.8, 4) is 0 Å². The van der Waals surface area contributed by atoms with Gasteiger partial charge < -0.3 is 4.90 Å². The molecule has 2 aromatic rings. The van der Waals surface area contributed by atoms with Gasteiger partial charge in [-0.3, -0.25) is 9.88 Å². The van der Waals surface area contributed by atoms with Crippen molar-refractivity contribution in [3.05, 3.63) is 35.5 Å². The lowest BCUT2D eigenvalue weighted by Gasteiger charge is -2.27. The molecule has 3 nitrogen and oxygen atoms in total. The van der Waals surface area contributed by atoms with E-state index in [-0.39, 0.29) is 6.54 Å². The maximum absolute atomic E-state index is 12.6. The quantitative estimate of drug-likeness (QED) is 0.861. The summed E-state index contributed by atoms with van der Waals surface area (Å²) in [5.74, 6) is 0. The number of fused-ring (bicyclic) bond motifs is 1. The van der Waals surface area contributed by atoms with Gasteiger partial charge in [-0.25, -0.2) is 8.78 Å². The van der Waals surface area contributed by atoms with Crippen LogP contribution >= 0.6 is 0 Å². The van der Waals surface area contributed by atoms with Crippen LogP contribution in [0.3, 0.4) is 0 Å². The molecule has 1 aromatic heterocycles. The van der Waals surface area contributed by atoms with Gasteiger partial charge >= 0.3 is 0 Å². The minimum Gasteiger partial charge on any atom is -0.369 e. The fourth-order valence-electron chi connectivity index (χ4n) is 3.39. The van der Waals surface area contributed by atoms with Crippen LogP contribution < -0.4 is 4.90 Å². The number of nitrogens with zero attached hydrogens (tertiary/aromatic N) is 3. The summed E-state index contributed by atoms with van der Waals surface area (Å²) < 4.78 is 25.3. The van der Waals surface area contributed by atoms with Crippen molar-refractivity contribution in [1.82, 2.24) is 9.88 Å². The van der Waals surface area contributed by atoms with Gasteiger partial charge in [0.15, 0.2) is 0 Å². The van der Waals surface area contributed by atoms with Crippen molar-refractivity contribution in [3.63, 3.8) is 0 Å². The summed E-state index contributed by atoms with van der Waals surface area (Å²) in [6.07, 6.45) is -1.35. The summed E-state index contributed by atoms with van der Waals surface area (Å²) in [7, 11) is 0. The summed E-state index contributed by atoms with van der Waals surface area (Å²) in [5, 5.41) is 1.15. The van der Waals surface area contributed by atoms with E-state index in [0.29, 0.717) is 6.54 Å². The summed E-state index contributed by atoms with van der Waals surface area (Å²) in [6.45, 7) is 7.11. The third kappa shape index (κ3) is 3.44. The number of pyridine rings is 1. The molecule has 0 radical (unpaired) electrons. The molecule has 5 heteroatoms. The number of alkyl halides is 2.